The molecule has 0 spiro atoms. The number of anilines is 1. The molecule has 1 aromatic rings. The van der Waals surface area contributed by atoms with Crippen LogP contribution in [-0.4, -0.2) is 23.6 Å². The van der Waals surface area contributed by atoms with Gasteiger partial charge in [0.1, 0.15) is 5.75 Å². The zero-order valence-corrected chi connectivity index (χ0v) is 16.3. The average Bonchev–Trinajstić information content (AvgIpc) is 2.33. The van der Waals surface area contributed by atoms with Crippen LogP contribution >= 0.6 is 67.8 Å². The zero-order chi connectivity index (χ0) is 14.6. The first kappa shape index (κ1) is 17.2. The highest BCUT2D eigenvalue weighted by atomic mass is 127. The molecule has 0 saturated heterocycles. The Hall–Kier alpha value is 0.150. The number of aliphatic carboxylic acids is 1. The quantitative estimate of drug-likeness (QED) is 0.509. The van der Waals surface area contributed by atoms with Gasteiger partial charge in [0.25, 0.3) is 0 Å². The molecule has 1 aromatic carbocycles. The van der Waals surface area contributed by atoms with Crippen molar-refractivity contribution in [3.63, 3.8) is 0 Å². The molecule has 0 aliphatic heterocycles. The minimum Gasteiger partial charge on any atom is -0.480 e. The Kier molecular flexibility index (Phi) is 7.07. The van der Waals surface area contributed by atoms with E-state index in [1.54, 1.807) is 6.92 Å². The van der Waals surface area contributed by atoms with Crippen LogP contribution in [0.4, 0.5) is 5.69 Å². The lowest BCUT2D eigenvalue weighted by atomic mass is 10.3. The highest BCUT2D eigenvalue weighted by Gasteiger charge is 2.17. The van der Waals surface area contributed by atoms with Gasteiger partial charge >= 0.3 is 5.97 Å². The van der Waals surface area contributed by atoms with Gasteiger partial charge in [0.2, 0.25) is 5.91 Å². The number of rotatable bonds is 5. The van der Waals surface area contributed by atoms with Gasteiger partial charge in [-0.15, -0.1) is 0 Å². The van der Waals surface area contributed by atoms with Crippen molar-refractivity contribution < 1.29 is 19.4 Å². The van der Waals surface area contributed by atoms with E-state index < -0.39 is 12.6 Å². The number of hydrogen-bond acceptors (Lipinski definition) is 3. The highest BCUT2D eigenvalue weighted by Crippen LogP contribution is 2.36. The van der Waals surface area contributed by atoms with Gasteiger partial charge in [0, 0.05) is 9.99 Å². The lowest BCUT2D eigenvalue weighted by Crippen LogP contribution is -2.15. The van der Waals surface area contributed by atoms with Crippen molar-refractivity contribution in [2.24, 2.45) is 0 Å². The molecule has 5 nitrogen and oxygen atoms in total. The molecule has 0 fully saturated rings. The predicted octanol–water partition coefficient (Wildman–Crippen LogP) is 3.31. The second kappa shape index (κ2) is 7.81. The smallest absolute Gasteiger partial charge is 0.341 e. The van der Waals surface area contributed by atoms with Crippen molar-refractivity contribution in [1.29, 1.82) is 0 Å². The van der Waals surface area contributed by atoms with Gasteiger partial charge in [0.15, 0.2) is 6.61 Å². The highest BCUT2D eigenvalue weighted by molar-refractivity contribution is 14.1. The second-order valence-corrected chi connectivity index (χ2v) is 6.85. The van der Waals surface area contributed by atoms with Crippen LogP contribution in [0.3, 0.4) is 0 Å². The summed E-state index contributed by atoms with van der Waals surface area (Å²) in [5, 5.41) is 11.5. The van der Waals surface area contributed by atoms with Crippen molar-refractivity contribution in [2.75, 3.05) is 11.9 Å². The number of carboxylic acids is 1. The van der Waals surface area contributed by atoms with Gasteiger partial charge < -0.3 is 15.2 Å². The summed E-state index contributed by atoms with van der Waals surface area (Å²) in [6, 6.07) is 1.84. The van der Waals surface area contributed by atoms with E-state index >= 15 is 0 Å². The molecule has 0 radical (unpaired) electrons. The molecule has 0 saturated carbocycles. The summed E-state index contributed by atoms with van der Waals surface area (Å²) in [5.41, 5.74) is 0.661. The Morgan fingerprint density at radius 1 is 1.32 bits per heavy atom. The third-order valence-corrected chi connectivity index (χ3v) is 4.73. The summed E-state index contributed by atoms with van der Waals surface area (Å²) < 4.78 is 7.67. The van der Waals surface area contributed by atoms with Gasteiger partial charge in [-0.1, -0.05) is 6.92 Å². The zero-order valence-electron chi connectivity index (χ0n) is 9.80. The van der Waals surface area contributed by atoms with Gasteiger partial charge in [0.05, 0.1) is 12.8 Å². The third kappa shape index (κ3) is 4.88. The number of carboxylic acid groups (broad SMARTS) is 1. The molecule has 0 heterocycles. The summed E-state index contributed by atoms with van der Waals surface area (Å²) in [6.07, 6.45) is 0.378. The van der Waals surface area contributed by atoms with E-state index in [9.17, 15) is 9.59 Å². The molecule has 1 amide bonds. The molecule has 0 bridgehead atoms. The molecule has 0 aliphatic carbocycles. The maximum absolute atomic E-state index is 11.5. The fraction of sp³-hybridized carbons (Fsp3) is 0.273. The Balaban J connectivity index is 3.14. The fourth-order valence-electron chi connectivity index (χ4n) is 1.18. The van der Waals surface area contributed by atoms with Gasteiger partial charge in [-0.25, -0.2) is 4.79 Å². The Morgan fingerprint density at radius 2 is 1.95 bits per heavy atom. The minimum absolute atomic E-state index is 0.0961. The average molecular weight is 601 g/mol. The molecule has 0 aliphatic rings. The normalized spacial score (nSPS) is 10.1. The largest absolute Gasteiger partial charge is 0.480 e. The van der Waals surface area contributed by atoms with E-state index in [4.69, 9.17) is 9.84 Å². The van der Waals surface area contributed by atoms with Crippen LogP contribution in [0.5, 0.6) is 5.75 Å². The van der Waals surface area contributed by atoms with E-state index in [1.165, 1.54) is 0 Å². The predicted molar refractivity (Wildman–Crippen MR) is 96.6 cm³/mol. The van der Waals surface area contributed by atoms with Crippen molar-refractivity contribution in [3.8, 4) is 5.75 Å². The second-order valence-electron chi connectivity index (χ2n) is 3.44. The summed E-state index contributed by atoms with van der Waals surface area (Å²) in [6.45, 7) is 1.36. The van der Waals surface area contributed by atoms with Crippen LogP contribution in [0, 0.1) is 10.7 Å². The molecule has 8 heteroatoms. The van der Waals surface area contributed by atoms with E-state index in [2.05, 4.69) is 50.5 Å². The number of halogens is 3. The first-order valence-electron chi connectivity index (χ1n) is 5.18. The molecular weight excluding hydrogens is 591 g/mol. The molecule has 1 rings (SSSR count). The standard InChI is InChI=1S/C11H10I3NO4/c1-2-7(16)15-10-5(12)3-6(13)11(9(10)14)19-4-8(17)18/h3H,2,4H2,1H3,(H,15,16)(H,17,18). The molecule has 104 valence electrons. The Morgan fingerprint density at radius 3 is 2.47 bits per heavy atom. The van der Waals surface area contributed by atoms with Crippen LogP contribution in [-0.2, 0) is 9.59 Å². The molecule has 0 aromatic heterocycles. The first-order valence-corrected chi connectivity index (χ1v) is 8.42. The number of amides is 1. The van der Waals surface area contributed by atoms with Gasteiger partial charge in [-0.2, -0.15) is 0 Å². The molecule has 2 N–H and O–H groups in total. The van der Waals surface area contributed by atoms with Crippen LogP contribution in [0.15, 0.2) is 6.07 Å². The van der Waals surface area contributed by atoms with E-state index in [1.807, 2.05) is 28.7 Å². The maximum Gasteiger partial charge on any atom is 0.341 e. The van der Waals surface area contributed by atoms with Crippen LogP contribution < -0.4 is 10.1 Å². The van der Waals surface area contributed by atoms with E-state index in [0.29, 0.717) is 21.4 Å². The number of ether oxygens (including phenoxy) is 1. The number of benzene rings is 1. The first-order chi connectivity index (χ1) is 8.86. The van der Waals surface area contributed by atoms with E-state index in [0.717, 1.165) is 7.14 Å². The fourth-order valence-corrected chi connectivity index (χ4v) is 5.13. The monoisotopic (exact) mass is 601 g/mol. The van der Waals surface area contributed by atoms with Crippen LogP contribution in [0.1, 0.15) is 13.3 Å². The molecule has 19 heavy (non-hydrogen) atoms. The Bertz CT molecular complexity index is 519. The number of carbonyl (C=O) groups excluding carboxylic acids is 1. The molecule has 0 unspecified atom stereocenters. The maximum atomic E-state index is 11.5. The summed E-state index contributed by atoms with van der Waals surface area (Å²) >= 11 is 6.25. The minimum atomic E-state index is -1.04. The third-order valence-electron chi connectivity index (χ3n) is 2.05. The summed E-state index contributed by atoms with van der Waals surface area (Å²) in [7, 11) is 0. The van der Waals surface area contributed by atoms with Crippen molar-refractivity contribution in [3.05, 3.63) is 16.8 Å². The lowest BCUT2D eigenvalue weighted by molar-refractivity contribution is -0.139. The van der Waals surface area contributed by atoms with Crippen LogP contribution in [0.2, 0.25) is 0 Å². The molecular formula is C11H10I3NO4. The topological polar surface area (TPSA) is 75.6 Å². The van der Waals surface area contributed by atoms with Crippen molar-refractivity contribution in [2.45, 2.75) is 13.3 Å². The SMILES string of the molecule is CCC(=O)Nc1c(I)cc(I)c(OCC(=O)O)c1I. The van der Waals surface area contributed by atoms with Crippen LogP contribution in [0.25, 0.3) is 0 Å². The summed E-state index contributed by atoms with van der Waals surface area (Å²) in [4.78, 5) is 22.1. The number of nitrogens with one attached hydrogen (secondary N) is 1. The van der Waals surface area contributed by atoms with Gasteiger partial charge in [-0.3, -0.25) is 4.79 Å². The van der Waals surface area contributed by atoms with Crippen molar-refractivity contribution >= 4 is 85.3 Å². The lowest BCUT2D eigenvalue weighted by Gasteiger charge is -2.15. The van der Waals surface area contributed by atoms with E-state index in [-0.39, 0.29) is 5.91 Å². The number of hydrogen-bond donors (Lipinski definition) is 2. The Labute approximate surface area is 151 Å². The summed E-state index contributed by atoms with van der Waals surface area (Å²) in [5.74, 6) is -0.652. The molecule has 0 atom stereocenters. The van der Waals surface area contributed by atoms with Gasteiger partial charge in [-0.05, 0) is 73.8 Å². The number of carbonyl (C=O) groups is 2. The van der Waals surface area contributed by atoms with Crippen molar-refractivity contribution in [1.82, 2.24) is 0 Å².